The molecule has 0 bridgehead atoms. The van der Waals surface area contributed by atoms with Crippen LogP contribution in [0.15, 0.2) is 35.3 Å². The Morgan fingerprint density at radius 3 is 2.54 bits per heavy atom. The van der Waals surface area contributed by atoms with Crippen LogP contribution in [0.4, 0.5) is 5.69 Å². The lowest BCUT2D eigenvalue weighted by molar-refractivity contribution is -0.130. The first-order valence-electron chi connectivity index (χ1n) is 10.5. The van der Waals surface area contributed by atoms with E-state index in [9.17, 15) is 4.79 Å². The van der Waals surface area contributed by atoms with Gasteiger partial charge in [0.05, 0.1) is 6.54 Å². The lowest BCUT2D eigenvalue weighted by Crippen LogP contribution is -2.52. The number of hydrogen-bond donors (Lipinski definition) is 2. The van der Waals surface area contributed by atoms with Crippen molar-refractivity contribution in [3.05, 3.63) is 30.3 Å². The molecule has 28 heavy (non-hydrogen) atoms. The van der Waals surface area contributed by atoms with Crippen molar-refractivity contribution >= 4 is 17.6 Å². The molecule has 3 rings (SSSR count). The number of likely N-dealkylation sites (tertiary alicyclic amines) is 1. The summed E-state index contributed by atoms with van der Waals surface area (Å²) in [5, 5.41) is 6.56. The van der Waals surface area contributed by atoms with E-state index in [0.29, 0.717) is 12.0 Å². The summed E-state index contributed by atoms with van der Waals surface area (Å²) < 4.78 is 0. The predicted molar refractivity (Wildman–Crippen MR) is 115 cm³/mol. The third-order valence-electron chi connectivity index (χ3n) is 5.79. The van der Waals surface area contributed by atoms with Gasteiger partial charge in [-0.3, -0.25) is 14.7 Å². The van der Waals surface area contributed by atoms with E-state index >= 15 is 0 Å². The minimum atomic E-state index is 0.131. The second-order valence-corrected chi connectivity index (χ2v) is 7.43. The van der Waals surface area contributed by atoms with Gasteiger partial charge in [0.1, 0.15) is 0 Å². The van der Waals surface area contributed by atoms with Gasteiger partial charge in [0.2, 0.25) is 5.91 Å². The highest BCUT2D eigenvalue weighted by molar-refractivity contribution is 5.86. The number of rotatable bonds is 6. The molecule has 1 aromatic carbocycles. The number of carbonyl (C=O) groups excluding carboxylic acids is 1. The Hall–Kier alpha value is -2.28. The molecule has 0 saturated carbocycles. The van der Waals surface area contributed by atoms with Crippen LogP contribution in [0, 0.1) is 0 Å². The Morgan fingerprint density at radius 2 is 1.86 bits per heavy atom. The van der Waals surface area contributed by atoms with E-state index in [4.69, 9.17) is 0 Å². The molecule has 1 amide bonds. The fourth-order valence-corrected chi connectivity index (χ4v) is 4.10. The summed E-state index contributed by atoms with van der Waals surface area (Å²) in [7, 11) is 1.75. The number of guanidine groups is 1. The van der Waals surface area contributed by atoms with Crippen LogP contribution in [-0.2, 0) is 4.79 Å². The maximum Gasteiger partial charge on any atom is 0.242 e. The van der Waals surface area contributed by atoms with Crippen molar-refractivity contribution in [1.29, 1.82) is 0 Å². The zero-order valence-corrected chi connectivity index (χ0v) is 17.2. The van der Waals surface area contributed by atoms with Crippen LogP contribution in [0.5, 0.6) is 0 Å². The van der Waals surface area contributed by atoms with Crippen LogP contribution in [0.3, 0.4) is 0 Å². The number of aliphatic imine (C=N–C) groups is 1. The molecular formula is C21H34N6O. The molecule has 1 aromatic rings. The number of likely N-dealkylation sites (N-methyl/N-ethyl adjacent to an activating group) is 1. The van der Waals surface area contributed by atoms with E-state index in [0.717, 1.165) is 39.3 Å². The SMILES string of the molecule is CCN1CCCC1CNC(=NC)NCC(=O)N1CCN(c2ccccc2)CC1. The zero-order chi connectivity index (χ0) is 19.8. The van der Waals surface area contributed by atoms with E-state index in [2.05, 4.69) is 56.6 Å². The topological polar surface area (TPSA) is 63.2 Å². The quantitative estimate of drug-likeness (QED) is 0.564. The van der Waals surface area contributed by atoms with Crippen LogP contribution >= 0.6 is 0 Å². The standard InChI is InChI=1S/C21H34N6O/c1-3-25-11-7-10-19(25)16-23-21(22-2)24-17-20(28)27-14-12-26(13-15-27)18-8-5-4-6-9-18/h4-6,8-9,19H,3,7,10-17H2,1-2H3,(H2,22,23,24). The summed E-state index contributed by atoms with van der Waals surface area (Å²) >= 11 is 0. The smallest absolute Gasteiger partial charge is 0.242 e. The number of carbonyl (C=O) groups is 1. The second kappa shape index (κ2) is 10.3. The largest absolute Gasteiger partial charge is 0.368 e. The molecule has 0 aromatic heterocycles. The average Bonchev–Trinajstić information content (AvgIpc) is 3.22. The number of hydrogen-bond acceptors (Lipinski definition) is 4. The second-order valence-electron chi connectivity index (χ2n) is 7.43. The molecule has 7 heteroatoms. The maximum atomic E-state index is 12.6. The molecule has 0 radical (unpaired) electrons. The molecule has 2 saturated heterocycles. The van der Waals surface area contributed by atoms with Gasteiger partial charge in [-0.05, 0) is 38.1 Å². The van der Waals surface area contributed by atoms with Crippen molar-refractivity contribution < 1.29 is 4.79 Å². The first-order chi connectivity index (χ1) is 13.7. The number of nitrogens with one attached hydrogen (secondary N) is 2. The van der Waals surface area contributed by atoms with E-state index < -0.39 is 0 Å². The number of para-hydroxylation sites is 1. The number of benzene rings is 1. The molecule has 2 fully saturated rings. The molecule has 0 aliphatic carbocycles. The van der Waals surface area contributed by atoms with Gasteiger partial charge in [-0.15, -0.1) is 0 Å². The molecule has 154 valence electrons. The molecule has 2 aliphatic heterocycles. The van der Waals surface area contributed by atoms with Crippen molar-refractivity contribution in [3.8, 4) is 0 Å². The molecule has 1 atom stereocenters. The first kappa shape index (κ1) is 20.5. The molecular weight excluding hydrogens is 352 g/mol. The molecule has 2 aliphatic rings. The fraction of sp³-hybridized carbons (Fsp3) is 0.619. The molecule has 1 unspecified atom stereocenters. The number of piperazine rings is 1. The summed E-state index contributed by atoms with van der Waals surface area (Å²) in [6, 6.07) is 11.0. The third kappa shape index (κ3) is 5.38. The van der Waals surface area contributed by atoms with Gasteiger partial charge >= 0.3 is 0 Å². The van der Waals surface area contributed by atoms with Gasteiger partial charge in [-0.1, -0.05) is 25.1 Å². The predicted octanol–water partition coefficient (Wildman–Crippen LogP) is 0.985. The Bertz CT molecular complexity index is 642. The normalized spacial score (nSPS) is 21.1. The Labute approximate surface area is 168 Å². The van der Waals surface area contributed by atoms with Crippen LogP contribution < -0.4 is 15.5 Å². The minimum absolute atomic E-state index is 0.131. The third-order valence-corrected chi connectivity index (χ3v) is 5.79. The van der Waals surface area contributed by atoms with Gasteiger partial charge in [0.15, 0.2) is 5.96 Å². The van der Waals surface area contributed by atoms with Crippen LogP contribution in [-0.4, -0.2) is 87.1 Å². The molecule has 2 heterocycles. The molecule has 0 spiro atoms. The summed E-state index contributed by atoms with van der Waals surface area (Å²) in [5.74, 6) is 0.839. The average molecular weight is 387 g/mol. The lowest BCUT2D eigenvalue weighted by atomic mass is 10.2. The molecule has 2 N–H and O–H groups in total. The minimum Gasteiger partial charge on any atom is -0.368 e. The lowest BCUT2D eigenvalue weighted by Gasteiger charge is -2.36. The highest BCUT2D eigenvalue weighted by Gasteiger charge is 2.23. The van der Waals surface area contributed by atoms with Crippen molar-refractivity contribution in [3.63, 3.8) is 0 Å². The van der Waals surface area contributed by atoms with Gasteiger partial charge in [-0.2, -0.15) is 0 Å². The highest BCUT2D eigenvalue weighted by Crippen LogP contribution is 2.16. The molecule has 7 nitrogen and oxygen atoms in total. The zero-order valence-electron chi connectivity index (χ0n) is 17.2. The van der Waals surface area contributed by atoms with E-state index in [1.807, 2.05) is 11.0 Å². The summed E-state index contributed by atoms with van der Waals surface area (Å²) in [5.41, 5.74) is 1.23. The van der Waals surface area contributed by atoms with Crippen LogP contribution in [0.25, 0.3) is 0 Å². The summed E-state index contributed by atoms with van der Waals surface area (Å²) in [4.78, 5) is 23.6. The van der Waals surface area contributed by atoms with Crippen LogP contribution in [0.2, 0.25) is 0 Å². The Balaban J connectivity index is 1.38. The number of anilines is 1. The number of amides is 1. The van der Waals surface area contributed by atoms with Crippen molar-refractivity contribution in [2.24, 2.45) is 4.99 Å². The first-order valence-corrected chi connectivity index (χ1v) is 10.5. The van der Waals surface area contributed by atoms with Gasteiger partial charge < -0.3 is 20.4 Å². The van der Waals surface area contributed by atoms with Crippen molar-refractivity contribution in [1.82, 2.24) is 20.4 Å². The van der Waals surface area contributed by atoms with Gasteiger partial charge in [0.25, 0.3) is 0 Å². The monoisotopic (exact) mass is 386 g/mol. The van der Waals surface area contributed by atoms with Gasteiger partial charge in [-0.25, -0.2) is 0 Å². The van der Waals surface area contributed by atoms with Gasteiger partial charge in [0, 0.05) is 51.5 Å². The van der Waals surface area contributed by atoms with E-state index in [1.54, 1.807) is 7.05 Å². The van der Waals surface area contributed by atoms with E-state index in [-0.39, 0.29) is 12.5 Å². The van der Waals surface area contributed by atoms with Crippen LogP contribution in [0.1, 0.15) is 19.8 Å². The Kier molecular flexibility index (Phi) is 7.54. The van der Waals surface area contributed by atoms with Crippen molar-refractivity contribution in [2.75, 3.05) is 64.3 Å². The summed E-state index contributed by atoms with van der Waals surface area (Å²) in [6.45, 7) is 8.90. The van der Waals surface area contributed by atoms with Crippen molar-refractivity contribution in [2.45, 2.75) is 25.8 Å². The highest BCUT2D eigenvalue weighted by atomic mass is 16.2. The Morgan fingerprint density at radius 1 is 1.11 bits per heavy atom. The van der Waals surface area contributed by atoms with E-state index in [1.165, 1.54) is 25.1 Å². The fourth-order valence-electron chi connectivity index (χ4n) is 4.10. The summed E-state index contributed by atoms with van der Waals surface area (Å²) in [6.07, 6.45) is 2.49. The number of nitrogens with zero attached hydrogens (tertiary/aromatic N) is 4. The maximum absolute atomic E-state index is 12.6.